The molecule has 1 heterocycles. The maximum atomic E-state index is 9.59. The Morgan fingerprint density at radius 2 is 1.95 bits per heavy atom. The first-order chi connectivity index (χ1) is 9.24. The first-order valence-corrected chi connectivity index (χ1v) is 7.49. The van der Waals surface area contributed by atoms with Crippen LogP contribution in [0.15, 0.2) is 4.99 Å². The molecule has 0 amide bonds. The summed E-state index contributed by atoms with van der Waals surface area (Å²) >= 11 is 0. The van der Waals surface area contributed by atoms with Crippen LogP contribution < -0.4 is 11.1 Å². The number of ether oxygens (including phenoxy) is 1. The number of aliphatic imine (C=N–C) groups is 1. The Kier molecular flexibility index (Phi) is 5.45. The molecule has 110 valence electrons. The molecule has 1 aliphatic carbocycles. The Hall–Kier alpha value is -0.810. The van der Waals surface area contributed by atoms with Crippen LogP contribution in [0.4, 0.5) is 0 Å². The average Bonchev–Trinajstić information content (AvgIpc) is 2.47. The zero-order valence-corrected chi connectivity index (χ0v) is 11.7. The summed E-state index contributed by atoms with van der Waals surface area (Å²) in [5.41, 5.74) is 5.83. The van der Waals surface area contributed by atoms with Gasteiger partial charge in [0.05, 0.1) is 13.2 Å². The fourth-order valence-electron chi connectivity index (χ4n) is 2.93. The summed E-state index contributed by atoms with van der Waals surface area (Å²) in [4.78, 5) is 4.45. The third kappa shape index (κ3) is 4.35. The monoisotopic (exact) mass is 269 g/mol. The van der Waals surface area contributed by atoms with E-state index in [0.717, 1.165) is 12.8 Å². The standard InChI is InChI=1S/C14H27N3O2/c15-13(17-12-4-2-1-3-5-12)16-10-14(11-18)6-8-19-9-7-14/h12,18H,1-11H2,(H3,15,16,17). The SMILES string of the molecule is NC(=NCC1(CO)CCOCC1)NC1CCCCC1. The van der Waals surface area contributed by atoms with Gasteiger partial charge in [-0.2, -0.15) is 0 Å². The van der Waals surface area contributed by atoms with Crippen molar-refractivity contribution in [1.29, 1.82) is 0 Å². The molecular weight excluding hydrogens is 242 g/mol. The summed E-state index contributed by atoms with van der Waals surface area (Å²) in [6, 6.07) is 0.484. The van der Waals surface area contributed by atoms with E-state index in [2.05, 4.69) is 10.3 Å². The van der Waals surface area contributed by atoms with E-state index < -0.39 is 0 Å². The number of hydrogen-bond acceptors (Lipinski definition) is 3. The minimum atomic E-state index is -0.128. The quantitative estimate of drug-likeness (QED) is 0.526. The molecule has 1 saturated heterocycles. The van der Waals surface area contributed by atoms with Gasteiger partial charge in [-0.25, -0.2) is 0 Å². The van der Waals surface area contributed by atoms with Crippen molar-refractivity contribution >= 4 is 5.96 Å². The number of hydrogen-bond donors (Lipinski definition) is 3. The number of nitrogens with one attached hydrogen (secondary N) is 1. The zero-order valence-electron chi connectivity index (χ0n) is 11.7. The summed E-state index contributed by atoms with van der Waals surface area (Å²) in [5, 5.41) is 12.9. The van der Waals surface area contributed by atoms with Crippen molar-refractivity contribution in [3.8, 4) is 0 Å². The first-order valence-electron chi connectivity index (χ1n) is 7.49. The van der Waals surface area contributed by atoms with Gasteiger partial charge in [0.25, 0.3) is 0 Å². The van der Waals surface area contributed by atoms with Crippen molar-refractivity contribution in [2.45, 2.75) is 51.0 Å². The van der Waals surface area contributed by atoms with Crippen molar-refractivity contribution in [1.82, 2.24) is 5.32 Å². The molecule has 0 bridgehead atoms. The van der Waals surface area contributed by atoms with Gasteiger partial charge in [-0.1, -0.05) is 19.3 Å². The van der Waals surface area contributed by atoms with Crippen LogP contribution in [0, 0.1) is 5.41 Å². The van der Waals surface area contributed by atoms with Gasteiger partial charge in [-0.05, 0) is 25.7 Å². The predicted octanol–water partition coefficient (Wildman–Crippen LogP) is 1.01. The van der Waals surface area contributed by atoms with E-state index in [0.29, 0.717) is 31.8 Å². The molecular formula is C14H27N3O2. The van der Waals surface area contributed by atoms with Crippen molar-refractivity contribution < 1.29 is 9.84 Å². The second-order valence-electron chi connectivity index (χ2n) is 5.95. The van der Waals surface area contributed by atoms with E-state index in [-0.39, 0.29) is 12.0 Å². The molecule has 19 heavy (non-hydrogen) atoms. The third-order valence-corrected chi connectivity index (χ3v) is 4.43. The van der Waals surface area contributed by atoms with Crippen molar-refractivity contribution in [2.75, 3.05) is 26.4 Å². The molecule has 0 aromatic rings. The van der Waals surface area contributed by atoms with E-state index in [9.17, 15) is 5.11 Å². The summed E-state index contributed by atoms with van der Waals surface area (Å²) in [5.74, 6) is 0.534. The van der Waals surface area contributed by atoms with Crippen LogP contribution in [-0.4, -0.2) is 43.5 Å². The van der Waals surface area contributed by atoms with Crippen molar-refractivity contribution in [3.63, 3.8) is 0 Å². The number of rotatable bonds is 4. The molecule has 0 aromatic carbocycles. The maximum Gasteiger partial charge on any atom is 0.188 e. The molecule has 2 rings (SSSR count). The highest BCUT2D eigenvalue weighted by Crippen LogP contribution is 2.30. The lowest BCUT2D eigenvalue weighted by Crippen LogP contribution is -2.42. The lowest BCUT2D eigenvalue weighted by Gasteiger charge is -2.34. The molecule has 0 aromatic heterocycles. The second kappa shape index (κ2) is 7.10. The van der Waals surface area contributed by atoms with Gasteiger partial charge in [0.2, 0.25) is 0 Å². The van der Waals surface area contributed by atoms with E-state index in [1.807, 2.05) is 0 Å². The molecule has 0 spiro atoms. The molecule has 0 atom stereocenters. The van der Waals surface area contributed by atoms with Crippen molar-refractivity contribution in [2.24, 2.45) is 16.1 Å². The fourth-order valence-corrected chi connectivity index (χ4v) is 2.93. The van der Waals surface area contributed by atoms with Gasteiger partial charge >= 0.3 is 0 Å². The predicted molar refractivity (Wildman–Crippen MR) is 76.1 cm³/mol. The summed E-state index contributed by atoms with van der Waals surface area (Å²) in [6.45, 7) is 2.19. The maximum absolute atomic E-state index is 9.59. The minimum absolute atomic E-state index is 0.128. The Bertz CT molecular complexity index is 295. The molecule has 1 saturated carbocycles. The minimum Gasteiger partial charge on any atom is -0.396 e. The van der Waals surface area contributed by atoms with Gasteiger partial charge in [0.15, 0.2) is 5.96 Å². The molecule has 0 radical (unpaired) electrons. The van der Waals surface area contributed by atoms with E-state index >= 15 is 0 Å². The van der Waals surface area contributed by atoms with E-state index in [1.165, 1.54) is 32.1 Å². The van der Waals surface area contributed by atoms with Crippen LogP contribution in [0.2, 0.25) is 0 Å². The number of guanidine groups is 1. The van der Waals surface area contributed by atoms with Crippen LogP contribution in [0.3, 0.4) is 0 Å². The Balaban J connectivity index is 1.81. The summed E-state index contributed by atoms with van der Waals surface area (Å²) in [6.07, 6.45) is 8.01. The topological polar surface area (TPSA) is 79.9 Å². The highest BCUT2D eigenvalue weighted by molar-refractivity contribution is 5.78. The van der Waals surface area contributed by atoms with E-state index in [4.69, 9.17) is 10.5 Å². The summed E-state index contributed by atoms with van der Waals surface area (Å²) in [7, 11) is 0. The van der Waals surface area contributed by atoms with E-state index in [1.54, 1.807) is 0 Å². The molecule has 2 fully saturated rings. The van der Waals surface area contributed by atoms with Crippen LogP contribution in [-0.2, 0) is 4.74 Å². The Labute approximate surface area is 115 Å². The largest absolute Gasteiger partial charge is 0.396 e. The van der Waals surface area contributed by atoms with Crippen LogP contribution in [0.1, 0.15) is 44.9 Å². The van der Waals surface area contributed by atoms with Crippen LogP contribution in [0.5, 0.6) is 0 Å². The number of aliphatic hydroxyl groups excluding tert-OH is 1. The summed E-state index contributed by atoms with van der Waals surface area (Å²) < 4.78 is 5.35. The van der Waals surface area contributed by atoms with Crippen molar-refractivity contribution in [3.05, 3.63) is 0 Å². The van der Waals surface area contributed by atoms with Crippen LogP contribution >= 0.6 is 0 Å². The Morgan fingerprint density at radius 3 is 2.58 bits per heavy atom. The van der Waals surface area contributed by atoms with Gasteiger partial charge < -0.3 is 20.9 Å². The molecule has 4 N–H and O–H groups in total. The lowest BCUT2D eigenvalue weighted by atomic mass is 9.81. The van der Waals surface area contributed by atoms with Gasteiger partial charge in [0.1, 0.15) is 0 Å². The molecule has 1 aliphatic heterocycles. The number of aliphatic hydroxyl groups is 1. The lowest BCUT2D eigenvalue weighted by molar-refractivity contribution is -0.0106. The first kappa shape index (κ1) is 14.6. The van der Waals surface area contributed by atoms with Gasteiger partial charge in [0, 0.05) is 24.7 Å². The fraction of sp³-hybridized carbons (Fsp3) is 0.929. The van der Waals surface area contributed by atoms with Gasteiger partial charge in [-0.3, -0.25) is 4.99 Å². The highest BCUT2D eigenvalue weighted by Gasteiger charge is 2.31. The normalized spacial score (nSPS) is 25.2. The third-order valence-electron chi connectivity index (χ3n) is 4.43. The molecule has 0 unspecified atom stereocenters. The van der Waals surface area contributed by atoms with Gasteiger partial charge in [-0.15, -0.1) is 0 Å². The molecule has 2 aliphatic rings. The Morgan fingerprint density at radius 1 is 1.26 bits per heavy atom. The average molecular weight is 269 g/mol. The second-order valence-corrected chi connectivity index (χ2v) is 5.95. The number of nitrogens with two attached hydrogens (primary N) is 1. The molecule has 5 heteroatoms. The smallest absolute Gasteiger partial charge is 0.188 e. The number of nitrogens with zero attached hydrogens (tertiary/aromatic N) is 1. The highest BCUT2D eigenvalue weighted by atomic mass is 16.5. The molecule has 5 nitrogen and oxygen atoms in total. The van der Waals surface area contributed by atoms with Crippen LogP contribution in [0.25, 0.3) is 0 Å². The zero-order chi connectivity index (χ0) is 13.6.